The molecule has 1 aliphatic heterocycles. The number of nitrogens with zero attached hydrogens (tertiary/aromatic N) is 1. The second-order valence-corrected chi connectivity index (χ2v) is 7.80. The third kappa shape index (κ3) is 4.41. The average Bonchev–Trinajstić information content (AvgIpc) is 2.54. The van der Waals surface area contributed by atoms with Crippen molar-refractivity contribution in [3.8, 4) is 5.75 Å². The number of hydrogen-bond acceptors (Lipinski definition) is 5. The van der Waals surface area contributed by atoms with Gasteiger partial charge in [0.15, 0.2) is 11.6 Å². The Kier molecular flexibility index (Phi) is 5.61. The second-order valence-electron chi connectivity index (χ2n) is 6.03. The largest absolute Gasteiger partial charge is 0.494 e. The van der Waals surface area contributed by atoms with Crippen LogP contribution in [-0.2, 0) is 14.8 Å². The molecule has 0 spiro atoms. The number of methoxy groups -OCH3 is 1. The minimum atomic E-state index is -3.78. The smallest absolute Gasteiger partial charge is 0.240 e. The molecule has 0 unspecified atom stereocenters. The number of rotatable bonds is 6. The van der Waals surface area contributed by atoms with Crippen molar-refractivity contribution in [2.75, 3.05) is 40.0 Å². The number of ether oxygens (including phenoxy) is 2. The first-order chi connectivity index (χ1) is 10.8. The molecule has 0 aromatic heterocycles. The Morgan fingerprint density at radius 1 is 1.35 bits per heavy atom. The van der Waals surface area contributed by atoms with Crippen molar-refractivity contribution in [2.45, 2.75) is 24.3 Å². The third-order valence-electron chi connectivity index (χ3n) is 4.00. The summed E-state index contributed by atoms with van der Waals surface area (Å²) < 4.78 is 51.1. The molecule has 2 rings (SSSR count). The van der Waals surface area contributed by atoms with Gasteiger partial charge in [0.2, 0.25) is 10.0 Å². The summed E-state index contributed by atoms with van der Waals surface area (Å²) in [4.78, 5) is 2.06. The summed E-state index contributed by atoms with van der Waals surface area (Å²) in [7, 11) is -2.45. The molecule has 0 radical (unpaired) electrons. The lowest BCUT2D eigenvalue weighted by molar-refractivity contribution is -0.00803. The van der Waals surface area contributed by atoms with Crippen molar-refractivity contribution in [3.63, 3.8) is 0 Å². The first-order valence-electron chi connectivity index (χ1n) is 7.42. The highest BCUT2D eigenvalue weighted by Gasteiger charge is 2.30. The molecule has 1 heterocycles. The van der Waals surface area contributed by atoms with Crippen LogP contribution in [0, 0.1) is 5.82 Å². The zero-order chi connectivity index (χ0) is 17.1. The lowest BCUT2D eigenvalue weighted by Crippen LogP contribution is -2.55. The minimum Gasteiger partial charge on any atom is -0.494 e. The van der Waals surface area contributed by atoms with Gasteiger partial charge in [0.25, 0.3) is 0 Å². The first kappa shape index (κ1) is 18.1. The van der Waals surface area contributed by atoms with Crippen LogP contribution < -0.4 is 9.46 Å². The van der Waals surface area contributed by atoms with Gasteiger partial charge in [0, 0.05) is 25.2 Å². The van der Waals surface area contributed by atoms with Gasteiger partial charge >= 0.3 is 0 Å². The molecule has 8 heteroatoms. The molecular weight excluding hydrogens is 323 g/mol. The molecule has 1 aromatic rings. The van der Waals surface area contributed by atoms with Crippen molar-refractivity contribution < 1.29 is 22.3 Å². The molecule has 1 saturated heterocycles. The Morgan fingerprint density at radius 3 is 2.57 bits per heavy atom. The highest BCUT2D eigenvalue weighted by atomic mass is 32.2. The Hall–Kier alpha value is -1.22. The van der Waals surface area contributed by atoms with E-state index < -0.39 is 15.8 Å². The van der Waals surface area contributed by atoms with Crippen LogP contribution in [-0.4, -0.2) is 58.8 Å². The van der Waals surface area contributed by atoms with E-state index in [9.17, 15) is 12.8 Å². The number of hydrogen-bond donors (Lipinski definition) is 1. The van der Waals surface area contributed by atoms with Gasteiger partial charge in [-0.15, -0.1) is 0 Å². The van der Waals surface area contributed by atoms with Gasteiger partial charge in [0.1, 0.15) is 0 Å². The predicted octanol–water partition coefficient (Wildman–Crippen LogP) is 1.22. The van der Waals surface area contributed by atoms with E-state index in [1.54, 1.807) is 0 Å². The molecule has 1 N–H and O–H groups in total. The summed E-state index contributed by atoms with van der Waals surface area (Å²) in [6, 6.07) is 3.59. The molecular formula is C15H23FN2O4S. The molecule has 130 valence electrons. The molecule has 0 aliphatic carbocycles. The van der Waals surface area contributed by atoms with Gasteiger partial charge in [0.05, 0.1) is 25.2 Å². The van der Waals surface area contributed by atoms with Gasteiger partial charge in [-0.05, 0) is 32.0 Å². The lowest BCUT2D eigenvalue weighted by atomic mass is 10.0. The van der Waals surface area contributed by atoms with Crippen molar-refractivity contribution in [1.82, 2.24) is 9.62 Å². The topological polar surface area (TPSA) is 67.9 Å². The minimum absolute atomic E-state index is 0.0117. The number of morpholine rings is 1. The predicted molar refractivity (Wildman–Crippen MR) is 84.6 cm³/mol. The maximum atomic E-state index is 13.7. The lowest BCUT2D eigenvalue weighted by Gasteiger charge is -2.40. The monoisotopic (exact) mass is 346 g/mol. The molecule has 0 amide bonds. The fraction of sp³-hybridized carbons (Fsp3) is 0.600. The van der Waals surface area contributed by atoms with Gasteiger partial charge in [-0.1, -0.05) is 0 Å². The molecule has 1 aliphatic rings. The molecule has 1 aromatic carbocycles. The Bertz CT molecular complexity index is 643. The molecule has 23 heavy (non-hydrogen) atoms. The van der Waals surface area contributed by atoms with Crippen LogP contribution in [0.15, 0.2) is 23.1 Å². The average molecular weight is 346 g/mol. The maximum absolute atomic E-state index is 13.7. The van der Waals surface area contributed by atoms with Crippen molar-refractivity contribution >= 4 is 10.0 Å². The van der Waals surface area contributed by atoms with Gasteiger partial charge in [-0.3, -0.25) is 4.90 Å². The summed E-state index contributed by atoms with van der Waals surface area (Å²) in [6.07, 6.45) is 0. The van der Waals surface area contributed by atoms with Crippen LogP contribution in [0.3, 0.4) is 0 Å². The van der Waals surface area contributed by atoms with Gasteiger partial charge < -0.3 is 9.47 Å². The molecule has 0 bridgehead atoms. The van der Waals surface area contributed by atoms with Crippen LogP contribution in [0.2, 0.25) is 0 Å². The molecule has 1 fully saturated rings. The van der Waals surface area contributed by atoms with Crippen molar-refractivity contribution in [2.24, 2.45) is 0 Å². The summed E-state index contributed by atoms with van der Waals surface area (Å²) in [5, 5.41) is 0. The van der Waals surface area contributed by atoms with Crippen LogP contribution in [0.25, 0.3) is 0 Å². The van der Waals surface area contributed by atoms with E-state index >= 15 is 0 Å². The number of nitrogens with one attached hydrogen (secondary N) is 1. The zero-order valence-electron chi connectivity index (χ0n) is 13.6. The molecule has 0 atom stereocenters. The standard InChI is InChI=1S/C15H23FN2O4S/c1-15(2,18-6-8-22-9-7-18)11-17-23(19,20)12-4-5-14(21-3)13(16)10-12/h4-5,10,17H,6-9,11H2,1-3H3. The van der Waals surface area contributed by atoms with E-state index in [1.807, 2.05) is 13.8 Å². The first-order valence-corrected chi connectivity index (χ1v) is 8.90. The van der Waals surface area contributed by atoms with Crippen molar-refractivity contribution in [3.05, 3.63) is 24.0 Å². The van der Waals surface area contributed by atoms with Crippen LogP contribution in [0.4, 0.5) is 4.39 Å². The maximum Gasteiger partial charge on any atom is 0.240 e. The van der Waals surface area contributed by atoms with Gasteiger partial charge in [-0.2, -0.15) is 0 Å². The van der Waals surface area contributed by atoms with E-state index in [4.69, 9.17) is 9.47 Å². The summed E-state index contributed by atoms with van der Waals surface area (Å²) >= 11 is 0. The summed E-state index contributed by atoms with van der Waals surface area (Å²) in [5.41, 5.74) is -0.359. The summed E-state index contributed by atoms with van der Waals surface area (Å²) in [5.74, 6) is -0.694. The molecule has 0 saturated carbocycles. The van der Waals surface area contributed by atoms with Crippen LogP contribution in [0.1, 0.15) is 13.8 Å². The Morgan fingerprint density at radius 2 is 2.00 bits per heavy atom. The van der Waals surface area contributed by atoms with E-state index in [-0.39, 0.29) is 22.7 Å². The van der Waals surface area contributed by atoms with E-state index in [1.165, 1.54) is 19.2 Å². The Balaban J connectivity index is 2.07. The quantitative estimate of drug-likeness (QED) is 0.839. The van der Waals surface area contributed by atoms with E-state index in [2.05, 4.69) is 9.62 Å². The SMILES string of the molecule is COc1ccc(S(=O)(=O)NCC(C)(C)N2CCOCC2)cc1F. The van der Waals surface area contributed by atoms with E-state index in [0.29, 0.717) is 13.2 Å². The number of benzene rings is 1. The number of halogens is 1. The van der Waals surface area contributed by atoms with E-state index in [0.717, 1.165) is 19.2 Å². The highest BCUT2D eigenvalue weighted by Crippen LogP contribution is 2.21. The third-order valence-corrected chi connectivity index (χ3v) is 5.39. The summed E-state index contributed by atoms with van der Waals surface area (Å²) in [6.45, 7) is 6.95. The van der Waals surface area contributed by atoms with Gasteiger partial charge in [-0.25, -0.2) is 17.5 Å². The Labute approximate surface area is 136 Å². The second kappa shape index (κ2) is 7.12. The highest BCUT2D eigenvalue weighted by molar-refractivity contribution is 7.89. The number of sulfonamides is 1. The van der Waals surface area contributed by atoms with Crippen LogP contribution >= 0.6 is 0 Å². The van der Waals surface area contributed by atoms with Crippen LogP contribution in [0.5, 0.6) is 5.75 Å². The van der Waals surface area contributed by atoms with Crippen molar-refractivity contribution in [1.29, 1.82) is 0 Å². The fourth-order valence-electron chi connectivity index (χ4n) is 2.45. The fourth-order valence-corrected chi connectivity index (χ4v) is 3.67. The molecule has 6 nitrogen and oxygen atoms in total. The normalized spacial score (nSPS) is 17.2. The zero-order valence-corrected chi connectivity index (χ0v) is 14.5.